The van der Waals surface area contributed by atoms with E-state index in [-0.39, 0.29) is 0 Å². The zero-order valence-corrected chi connectivity index (χ0v) is 4.72. The van der Waals surface area contributed by atoms with Gasteiger partial charge in [0.05, 0.1) is 0 Å². The van der Waals surface area contributed by atoms with E-state index in [1.165, 1.54) is 6.08 Å². The van der Waals surface area contributed by atoms with Crippen molar-refractivity contribution in [3.05, 3.63) is 29.4 Å². The summed E-state index contributed by atoms with van der Waals surface area (Å²) in [7, 11) is 0. The largest absolute Gasteiger partial charge is 0.233 e. The quantitative estimate of drug-likeness (QED) is 0.367. The molecule has 0 atom stereocenters. The Labute approximate surface area is 53.4 Å². The zero-order chi connectivity index (χ0) is 6.69. The van der Waals surface area contributed by atoms with E-state index in [1.807, 2.05) is 12.2 Å². The fraction of sp³-hybridized carbons (Fsp3) is 0. The van der Waals surface area contributed by atoms with Crippen molar-refractivity contribution in [3.8, 4) is 12.3 Å². The molecule has 0 unspecified atom stereocenters. The molecule has 0 spiro atoms. The Balaban J connectivity index is 2.88. The molecule has 0 saturated carbocycles. The lowest BCUT2D eigenvalue weighted by molar-refractivity contribution is 0.569. The van der Waals surface area contributed by atoms with Gasteiger partial charge in [0, 0.05) is 11.6 Å². The van der Waals surface area contributed by atoms with Gasteiger partial charge in [-0.3, -0.25) is 0 Å². The molecule has 0 fully saturated rings. The van der Waals surface area contributed by atoms with Gasteiger partial charge in [-0.05, 0) is 5.57 Å². The lowest BCUT2D eigenvalue weighted by Crippen LogP contribution is -1.69. The highest BCUT2D eigenvalue weighted by Crippen LogP contribution is 2.18. The molecule has 0 heterocycles. The van der Waals surface area contributed by atoms with E-state index < -0.39 is 0 Å². The van der Waals surface area contributed by atoms with Crippen molar-refractivity contribution in [3.63, 3.8) is 0 Å². The van der Waals surface area contributed by atoms with Crippen LogP contribution in [0.1, 0.15) is 0 Å². The van der Waals surface area contributed by atoms with E-state index in [0.717, 1.165) is 5.57 Å². The van der Waals surface area contributed by atoms with Crippen LogP contribution < -0.4 is 0 Å². The van der Waals surface area contributed by atoms with Crippen LogP contribution in [0.25, 0.3) is 0 Å². The number of hydrogen-bond acceptors (Lipinski definition) is 1. The fourth-order valence-corrected chi connectivity index (χ4v) is 0.488. The Bertz CT molecular complexity index is 259. The van der Waals surface area contributed by atoms with Gasteiger partial charge < -0.3 is 0 Å². The number of rotatable bonds is 1. The minimum absolute atomic E-state index is 0.616. The Hall–Kier alpha value is -1.51. The molecule has 1 heteroatoms. The molecule has 0 bridgehead atoms. The van der Waals surface area contributed by atoms with Crippen molar-refractivity contribution >= 4 is 5.94 Å². The summed E-state index contributed by atoms with van der Waals surface area (Å²) in [6, 6.07) is 0. The molecule has 0 aliphatic heterocycles. The molecular weight excluding hydrogens is 112 g/mol. The van der Waals surface area contributed by atoms with E-state index in [9.17, 15) is 4.79 Å². The van der Waals surface area contributed by atoms with Crippen LogP contribution in [0.15, 0.2) is 29.4 Å². The van der Waals surface area contributed by atoms with Crippen LogP contribution in [0.2, 0.25) is 0 Å². The topological polar surface area (TPSA) is 17.1 Å². The van der Waals surface area contributed by atoms with Gasteiger partial charge in [-0.15, -0.1) is 6.42 Å². The maximum atomic E-state index is 9.77. The minimum atomic E-state index is 0.616. The lowest BCUT2D eigenvalue weighted by Gasteiger charge is -1.79. The van der Waals surface area contributed by atoms with E-state index in [1.54, 1.807) is 5.94 Å². The fourth-order valence-electron chi connectivity index (χ4n) is 0.488. The van der Waals surface area contributed by atoms with Crippen LogP contribution in [-0.2, 0) is 4.79 Å². The van der Waals surface area contributed by atoms with Crippen molar-refractivity contribution < 1.29 is 4.79 Å². The van der Waals surface area contributed by atoms with E-state index in [4.69, 9.17) is 6.42 Å². The molecule has 0 aromatic rings. The normalized spacial score (nSPS) is 11.7. The molecule has 42 valence electrons. The van der Waals surface area contributed by atoms with Crippen molar-refractivity contribution in [2.45, 2.75) is 0 Å². The summed E-state index contributed by atoms with van der Waals surface area (Å²) in [6.45, 7) is 0. The van der Waals surface area contributed by atoms with E-state index in [2.05, 4.69) is 5.92 Å². The smallest absolute Gasteiger partial charge is 0.125 e. The summed E-state index contributed by atoms with van der Waals surface area (Å²) >= 11 is 0. The van der Waals surface area contributed by atoms with Gasteiger partial charge in [-0.1, -0.05) is 18.1 Å². The van der Waals surface area contributed by atoms with Gasteiger partial charge in [-0.25, -0.2) is 4.79 Å². The number of hydrogen-bond donors (Lipinski definition) is 0. The van der Waals surface area contributed by atoms with Crippen molar-refractivity contribution in [1.29, 1.82) is 0 Å². The molecule has 1 rings (SSSR count). The summed E-state index contributed by atoms with van der Waals surface area (Å²) in [5, 5.41) is 0. The van der Waals surface area contributed by atoms with E-state index >= 15 is 0 Å². The van der Waals surface area contributed by atoms with Crippen molar-refractivity contribution in [2.24, 2.45) is 0 Å². The first kappa shape index (κ1) is 5.62. The molecule has 0 saturated heterocycles. The molecule has 0 amide bonds. The monoisotopic (exact) mass is 116 g/mol. The predicted octanol–water partition coefficient (Wildman–Crippen LogP) is 0.874. The Morgan fingerprint density at radius 1 is 1.67 bits per heavy atom. The van der Waals surface area contributed by atoms with Crippen LogP contribution in [0.3, 0.4) is 0 Å². The maximum Gasteiger partial charge on any atom is 0.125 e. The third-order valence-corrected chi connectivity index (χ3v) is 1.00. The van der Waals surface area contributed by atoms with Gasteiger partial charge in [0.1, 0.15) is 5.94 Å². The number of terminal acetylenes is 1. The number of carbonyl (C=O) groups excluding carboxylic acids is 1. The van der Waals surface area contributed by atoms with Crippen LogP contribution >= 0.6 is 0 Å². The first-order chi connectivity index (χ1) is 4.38. The third kappa shape index (κ3) is 1.19. The van der Waals surface area contributed by atoms with Crippen molar-refractivity contribution in [2.75, 3.05) is 0 Å². The summed E-state index contributed by atoms with van der Waals surface area (Å²) in [4.78, 5) is 9.77. The Kier molecular flexibility index (Phi) is 1.36. The molecular formula is C8H4O. The average Bonchev–Trinajstić information content (AvgIpc) is 2.64. The molecule has 0 N–H and O–H groups in total. The maximum absolute atomic E-state index is 9.77. The number of allylic oxidation sites excluding steroid dienone is 5. The molecule has 1 nitrogen and oxygen atoms in total. The zero-order valence-electron chi connectivity index (χ0n) is 4.72. The summed E-state index contributed by atoms with van der Waals surface area (Å²) in [5.74, 6) is 3.99. The molecule has 0 aromatic heterocycles. The SMILES string of the molecule is C#CC(C=C=O)=C1C=C1. The molecule has 1 aliphatic rings. The second kappa shape index (κ2) is 2.17. The first-order valence-electron chi connectivity index (χ1n) is 2.48. The average molecular weight is 116 g/mol. The van der Waals surface area contributed by atoms with Gasteiger partial charge in [0.2, 0.25) is 0 Å². The molecule has 0 radical (unpaired) electrons. The highest BCUT2D eigenvalue weighted by atomic mass is 16.1. The third-order valence-electron chi connectivity index (χ3n) is 1.00. The summed E-state index contributed by atoms with van der Waals surface area (Å²) in [5.41, 5.74) is 1.57. The van der Waals surface area contributed by atoms with Gasteiger partial charge >= 0.3 is 0 Å². The Morgan fingerprint density at radius 2 is 2.33 bits per heavy atom. The highest BCUT2D eigenvalue weighted by molar-refractivity contribution is 5.65. The molecule has 9 heavy (non-hydrogen) atoms. The van der Waals surface area contributed by atoms with Crippen LogP contribution in [-0.4, -0.2) is 5.94 Å². The van der Waals surface area contributed by atoms with Gasteiger partial charge in [-0.2, -0.15) is 0 Å². The van der Waals surface area contributed by atoms with Crippen LogP contribution in [0.4, 0.5) is 0 Å². The molecule has 1 aliphatic carbocycles. The van der Waals surface area contributed by atoms with Gasteiger partial charge in [0.25, 0.3) is 0 Å². The van der Waals surface area contributed by atoms with Crippen LogP contribution in [0.5, 0.6) is 0 Å². The van der Waals surface area contributed by atoms with E-state index in [0.29, 0.717) is 5.57 Å². The van der Waals surface area contributed by atoms with Crippen molar-refractivity contribution in [1.82, 2.24) is 0 Å². The Morgan fingerprint density at radius 3 is 2.67 bits per heavy atom. The first-order valence-corrected chi connectivity index (χ1v) is 2.48. The summed E-state index contributed by atoms with van der Waals surface area (Å²) < 4.78 is 0. The second-order valence-electron chi connectivity index (χ2n) is 1.61. The van der Waals surface area contributed by atoms with Gasteiger partial charge in [0.15, 0.2) is 0 Å². The minimum Gasteiger partial charge on any atom is -0.233 e. The highest BCUT2D eigenvalue weighted by Gasteiger charge is 2.03. The summed E-state index contributed by atoms with van der Waals surface area (Å²) in [6.07, 6.45) is 10.0. The lowest BCUT2D eigenvalue weighted by atomic mass is 10.2. The standard InChI is InChI=1S/C8H4O/c1-2-7(5-6-9)8-3-4-8/h1,3-5H. The predicted molar refractivity (Wildman–Crippen MR) is 35.3 cm³/mol. The van der Waals surface area contributed by atoms with Crippen LogP contribution in [0, 0.1) is 12.3 Å². The molecule has 0 aromatic carbocycles. The second-order valence-corrected chi connectivity index (χ2v) is 1.61.